The number of benzene rings is 1. The highest BCUT2D eigenvalue weighted by Crippen LogP contribution is 2.25. The van der Waals surface area contributed by atoms with Crippen molar-refractivity contribution in [2.45, 2.75) is 26.1 Å². The molecule has 4 N–H and O–H groups in total. The molecule has 0 spiro atoms. The molecule has 2 rings (SSSR count). The Bertz CT molecular complexity index is 650. The first-order valence-electron chi connectivity index (χ1n) is 6.53. The molecule has 2 aromatic rings. The number of halogens is 4. The van der Waals surface area contributed by atoms with Crippen LogP contribution in [0.3, 0.4) is 0 Å². The molecule has 0 aliphatic rings. The van der Waals surface area contributed by atoms with Crippen molar-refractivity contribution in [1.29, 1.82) is 0 Å². The van der Waals surface area contributed by atoms with E-state index in [0.717, 1.165) is 12.1 Å². The number of nitrogens with one attached hydrogen (secondary N) is 2. The van der Waals surface area contributed by atoms with E-state index in [2.05, 4.69) is 25.5 Å². The van der Waals surface area contributed by atoms with Crippen LogP contribution >= 0.6 is 24.0 Å². The van der Waals surface area contributed by atoms with Gasteiger partial charge in [0.05, 0.1) is 0 Å². The number of rotatable bonds is 4. The molecule has 126 valence electrons. The summed E-state index contributed by atoms with van der Waals surface area (Å²) >= 11 is 0. The Morgan fingerprint density at radius 2 is 1.96 bits per heavy atom. The molecule has 0 saturated carbocycles. The third-order valence-corrected chi connectivity index (χ3v) is 2.82. The first-order chi connectivity index (χ1) is 10.4. The van der Waals surface area contributed by atoms with E-state index in [1.54, 1.807) is 0 Å². The summed E-state index contributed by atoms with van der Waals surface area (Å²) in [4.78, 5) is 7.21. The predicted octanol–water partition coefficient (Wildman–Crippen LogP) is 2.93. The van der Waals surface area contributed by atoms with Crippen LogP contribution in [0.5, 0.6) is 0 Å². The number of aromatic nitrogens is 3. The Morgan fingerprint density at radius 1 is 1.30 bits per heavy atom. The third kappa shape index (κ3) is 5.69. The van der Waals surface area contributed by atoms with Crippen LogP contribution in [-0.2, 0) is 19.1 Å². The SMILES string of the molecule is CCc1ccc(NC(N)=NCc2nc(C(F)(F)F)n[nH]2)cc1.I. The minimum atomic E-state index is -4.58. The highest BCUT2D eigenvalue weighted by atomic mass is 127. The standard InChI is InChI=1S/C13H15F3N6.HI/c1-2-8-3-5-9(6-4-8)19-12(17)18-7-10-20-11(22-21-10)13(14,15)16;/h3-6H,2,7H2,1H3,(H3,17,18,19)(H,20,21,22);1H. The highest BCUT2D eigenvalue weighted by molar-refractivity contribution is 14.0. The van der Waals surface area contributed by atoms with Gasteiger partial charge >= 0.3 is 6.18 Å². The maximum absolute atomic E-state index is 12.3. The van der Waals surface area contributed by atoms with E-state index in [9.17, 15) is 13.2 Å². The largest absolute Gasteiger partial charge is 0.453 e. The van der Waals surface area contributed by atoms with Gasteiger partial charge < -0.3 is 11.1 Å². The molecule has 10 heteroatoms. The van der Waals surface area contributed by atoms with Crippen LogP contribution in [0.25, 0.3) is 0 Å². The molecular weight excluding hydrogens is 424 g/mol. The van der Waals surface area contributed by atoms with E-state index < -0.39 is 12.0 Å². The summed E-state index contributed by atoms with van der Waals surface area (Å²) in [5, 5.41) is 8.10. The zero-order valence-corrected chi connectivity index (χ0v) is 14.5. The molecule has 23 heavy (non-hydrogen) atoms. The first-order valence-corrected chi connectivity index (χ1v) is 6.53. The maximum atomic E-state index is 12.3. The molecule has 0 saturated heterocycles. The number of nitrogens with two attached hydrogens (primary N) is 1. The van der Waals surface area contributed by atoms with Gasteiger partial charge in [0.25, 0.3) is 5.82 Å². The van der Waals surface area contributed by atoms with Crippen molar-refractivity contribution < 1.29 is 13.2 Å². The predicted molar refractivity (Wildman–Crippen MR) is 91.6 cm³/mol. The number of aryl methyl sites for hydroxylation is 1. The van der Waals surface area contributed by atoms with Crippen LogP contribution in [0, 0.1) is 0 Å². The fraction of sp³-hybridized carbons (Fsp3) is 0.308. The molecule has 0 amide bonds. The summed E-state index contributed by atoms with van der Waals surface area (Å²) in [6.45, 7) is 1.92. The second kappa shape index (κ2) is 8.13. The molecular formula is C13H16F3IN6. The van der Waals surface area contributed by atoms with Gasteiger partial charge in [0.15, 0.2) is 5.96 Å². The quantitative estimate of drug-likeness (QED) is 0.388. The van der Waals surface area contributed by atoms with Crippen LogP contribution in [0.15, 0.2) is 29.3 Å². The zero-order chi connectivity index (χ0) is 16.2. The van der Waals surface area contributed by atoms with Crippen molar-refractivity contribution in [3.8, 4) is 0 Å². The fourth-order valence-corrected chi connectivity index (χ4v) is 1.66. The van der Waals surface area contributed by atoms with Crippen LogP contribution in [0.2, 0.25) is 0 Å². The molecule has 0 radical (unpaired) electrons. The molecule has 0 fully saturated rings. The summed E-state index contributed by atoms with van der Waals surface area (Å²) in [7, 11) is 0. The average Bonchev–Trinajstić information content (AvgIpc) is 2.95. The van der Waals surface area contributed by atoms with Gasteiger partial charge in [0.1, 0.15) is 12.4 Å². The number of H-pyrrole nitrogens is 1. The van der Waals surface area contributed by atoms with Gasteiger partial charge in [-0.3, -0.25) is 5.10 Å². The highest BCUT2D eigenvalue weighted by Gasteiger charge is 2.35. The molecule has 1 heterocycles. The van der Waals surface area contributed by atoms with E-state index in [4.69, 9.17) is 5.73 Å². The van der Waals surface area contributed by atoms with Crippen LogP contribution in [0.4, 0.5) is 18.9 Å². The first kappa shape index (κ1) is 19.2. The average molecular weight is 440 g/mol. The Hall–Kier alpha value is -1.85. The molecule has 0 aliphatic heterocycles. The lowest BCUT2D eigenvalue weighted by Crippen LogP contribution is -2.22. The van der Waals surface area contributed by atoms with Gasteiger partial charge in [-0.2, -0.15) is 13.2 Å². The summed E-state index contributed by atoms with van der Waals surface area (Å²) < 4.78 is 37.0. The van der Waals surface area contributed by atoms with Crippen LogP contribution in [0.1, 0.15) is 24.1 Å². The molecule has 0 bridgehead atoms. The topological polar surface area (TPSA) is 92.0 Å². The number of hydrogen-bond donors (Lipinski definition) is 3. The van der Waals surface area contributed by atoms with Crippen molar-refractivity contribution in [3.63, 3.8) is 0 Å². The molecule has 0 aliphatic carbocycles. The molecule has 6 nitrogen and oxygen atoms in total. The lowest BCUT2D eigenvalue weighted by atomic mass is 10.1. The van der Waals surface area contributed by atoms with E-state index in [1.165, 1.54) is 5.56 Å². The van der Waals surface area contributed by atoms with E-state index >= 15 is 0 Å². The van der Waals surface area contributed by atoms with Crippen molar-refractivity contribution in [1.82, 2.24) is 15.2 Å². The second-order valence-electron chi connectivity index (χ2n) is 4.48. The van der Waals surface area contributed by atoms with Gasteiger partial charge in [-0.15, -0.1) is 29.1 Å². The zero-order valence-electron chi connectivity index (χ0n) is 12.2. The fourth-order valence-electron chi connectivity index (χ4n) is 1.66. The van der Waals surface area contributed by atoms with Crippen molar-refractivity contribution in [2.75, 3.05) is 5.32 Å². The van der Waals surface area contributed by atoms with Gasteiger partial charge in [-0.25, -0.2) is 9.98 Å². The minimum absolute atomic E-state index is 0. The molecule has 1 aromatic carbocycles. The normalized spacial score (nSPS) is 11.9. The van der Waals surface area contributed by atoms with Crippen molar-refractivity contribution in [3.05, 3.63) is 41.5 Å². The number of aliphatic imine (C=N–C) groups is 1. The van der Waals surface area contributed by atoms with Gasteiger partial charge in [0.2, 0.25) is 0 Å². The Balaban J connectivity index is 0.00000264. The summed E-state index contributed by atoms with van der Waals surface area (Å²) in [6, 6.07) is 7.58. The monoisotopic (exact) mass is 440 g/mol. The number of alkyl halides is 3. The van der Waals surface area contributed by atoms with Gasteiger partial charge in [0, 0.05) is 5.69 Å². The number of guanidine groups is 1. The maximum Gasteiger partial charge on any atom is 0.453 e. The van der Waals surface area contributed by atoms with Gasteiger partial charge in [-0.1, -0.05) is 19.1 Å². The Kier molecular flexibility index (Phi) is 6.79. The van der Waals surface area contributed by atoms with E-state index in [1.807, 2.05) is 31.2 Å². The number of anilines is 1. The van der Waals surface area contributed by atoms with E-state index in [0.29, 0.717) is 0 Å². The van der Waals surface area contributed by atoms with Crippen molar-refractivity contribution >= 4 is 35.6 Å². The minimum Gasteiger partial charge on any atom is -0.370 e. The van der Waals surface area contributed by atoms with Crippen LogP contribution in [-0.4, -0.2) is 21.1 Å². The van der Waals surface area contributed by atoms with Crippen molar-refractivity contribution in [2.24, 2.45) is 10.7 Å². The molecule has 0 unspecified atom stereocenters. The van der Waals surface area contributed by atoms with Crippen LogP contribution < -0.4 is 11.1 Å². The Labute approximate surface area is 147 Å². The number of hydrogen-bond acceptors (Lipinski definition) is 3. The number of aromatic amines is 1. The summed E-state index contributed by atoms with van der Waals surface area (Å²) in [5.41, 5.74) is 7.60. The molecule has 1 aromatic heterocycles. The Morgan fingerprint density at radius 3 is 2.48 bits per heavy atom. The second-order valence-corrected chi connectivity index (χ2v) is 4.48. The summed E-state index contributed by atoms with van der Waals surface area (Å²) in [5.74, 6) is -1.16. The van der Waals surface area contributed by atoms with E-state index in [-0.39, 0.29) is 42.3 Å². The lowest BCUT2D eigenvalue weighted by molar-refractivity contribution is -0.144. The number of nitrogens with zero attached hydrogens (tertiary/aromatic N) is 3. The lowest BCUT2D eigenvalue weighted by Gasteiger charge is -2.05. The molecule has 0 atom stereocenters. The summed E-state index contributed by atoms with van der Waals surface area (Å²) in [6.07, 6.45) is -3.65. The smallest absolute Gasteiger partial charge is 0.370 e. The third-order valence-electron chi connectivity index (χ3n) is 2.82. The van der Waals surface area contributed by atoms with Gasteiger partial charge in [-0.05, 0) is 24.1 Å².